The van der Waals surface area contributed by atoms with Crippen LogP contribution in [-0.4, -0.2) is 32.5 Å². The van der Waals surface area contributed by atoms with Gasteiger partial charge in [-0.3, -0.25) is 0 Å². The first-order chi connectivity index (χ1) is 9.96. The molecular weight excluding hydrogens is 360 g/mol. The van der Waals surface area contributed by atoms with Crippen LogP contribution in [0.3, 0.4) is 0 Å². The fourth-order valence-electron chi connectivity index (χ4n) is 1.52. The summed E-state index contributed by atoms with van der Waals surface area (Å²) in [6, 6.07) is 6.23. The highest BCUT2D eigenvalue weighted by Crippen LogP contribution is 2.23. The van der Waals surface area contributed by atoms with Gasteiger partial charge in [0, 0.05) is 5.69 Å². The molecule has 112 valence electrons. The van der Waals surface area contributed by atoms with Gasteiger partial charge in [-0.1, -0.05) is 0 Å². The van der Waals surface area contributed by atoms with Crippen LogP contribution in [0.15, 0.2) is 39.8 Å². The first-order valence-electron chi connectivity index (χ1n) is 5.83. The topological polar surface area (TPSA) is 93.2 Å². The smallest absolute Gasteiger partial charge is 0.240 e. The molecule has 0 saturated carbocycles. The third-order valence-corrected chi connectivity index (χ3v) is 4.57. The Kier molecular flexibility index (Phi) is 4.76. The zero-order chi connectivity index (χ0) is 15.5. The van der Waals surface area contributed by atoms with Crippen molar-refractivity contribution in [2.45, 2.75) is 4.90 Å². The molecule has 21 heavy (non-hydrogen) atoms. The van der Waals surface area contributed by atoms with E-state index in [1.54, 1.807) is 18.3 Å². The van der Waals surface area contributed by atoms with Crippen molar-refractivity contribution < 1.29 is 13.2 Å². The zero-order valence-corrected chi connectivity index (χ0v) is 13.7. The van der Waals surface area contributed by atoms with Crippen molar-refractivity contribution in [3.8, 4) is 5.88 Å². The van der Waals surface area contributed by atoms with E-state index in [2.05, 4.69) is 35.9 Å². The van der Waals surface area contributed by atoms with Gasteiger partial charge in [0.05, 0.1) is 22.7 Å². The lowest BCUT2D eigenvalue weighted by atomic mass is 10.3. The number of aromatic nitrogens is 2. The van der Waals surface area contributed by atoms with Gasteiger partial charge in [0.2, 0.25) is 21.9 Å². The van der Waals surface area contributed by atoms with E-state index < -0.39 is 10.0 Å². The molecule has 2 aromatic rings. The molecule has 7 nitrogen and oxygen atoms in total. The number of sulfonamides is 1. The predicted octanol–water partition coefficient (Wildman–Crippen LogP) is 1.90. The minimum absolute atomic E-state index is 0.185. The van der Waals surface area contributed by atoms with Crippen LogP contribution >= 0.6 is 15.9 Å². The molecule has 2 N–H and O–H groups in total. The first-order valence-corrected chi connectivity index (χ1v) is 8.11. The fourth-order valence-corrected chi connectivity index (χ4v) is 2.60. The van der Waals surface area contributed by atoms with Crippen molar-refractivity contribution >= 4 is 37.6 Å². The maximum absolute atomic E-state index is 11.6. The molecule has 1 aromatic carbocycles. The SMILES string of the molecule is CNS(=O)(=O)c1ccc(Nc2ncc(Br)c(OC)n2)cc1. The van der Waals surface area contributed by atoms with E-state index in [1.807, 2.05) is 0 Å². The van der Waals surface area contributed by atoms with Gasteiger partial charge in [-0.25, -0.2) is 18.1 Å². The molecule has 2 rings (SSSR count). The van der Waals surface area contributed by atoms with E-state index in [0.717, 1.165) is 0 Å². The lowest BCUT2D eigenvalue weighted by Crippen LogP contribution is -2.18. The molecule has 0 spiro atoms. The van der Waals surface area contributed by atoms with Gasteiger partial charge >= 0.3 is 0 Å². The molecule has 9 heteroatoms. The van der Waals surface area contributed by atoms with Crippen LogP contribution in [0.4, 0.5) is 11.6 Å². The Morgan fingerprint density at radius 3 is 2.48 bits per heavy atom. The average Bonchev–Trinajstić information content (AvgIpc) is 2.49. The van der Waals surface area contributed by atoms with Crippen molar-refractivity contribution in [3.63, 3.8) is 0 Å². The summed E-state index contributed by atoms with van der Waals surface area (Å²) in [5.74, 6) is 0.751. The minimum Gasteiger partial charge on any atom is -0.480 e. The Balaban J connectivity index is 2.21. The van der Waals surface area contributed by atoms with Crippen LogP contribution in [0.1, 0.15) is 0 Å². The summed E-state index contributed by atoms with van der Waals surface area (Å²) in [6.07, 6.45) is 1.56. The fraction of sp³-hybridized carbons (Fsp3) is 0.167. The number of nitrogens with zero attached hydrogens (tertiary/aromatic N) is 2. The van der Waals surface area contributed by atoms with Crippen molar-refractivity contribution in [1.82, 2.24) is 14.7 Å². The summed E-state index contributed by atoms with van der Waals surface area (Å²) in [6.45, 7) is 0. The Hall–Kier alpha value is -1.71. The van der Waals surface area contributed by atoms with Crippen LogP contribution in [0.25, 0.3) is 0 Å². The molecule has 0 bridgehead atoms. The van der Waals surface area contributed by atoms with E-state index in [9.17, 15) is 8.42 Å². The average molecular weight is 373 g/mol. The highest BCUT2D eigenvalue weighted by atomic mass is 79.9. The van der Waals surface area contributed by atoms with Crippen molar-refractivity contribution in [1.29, 1.82) is 0 Å². The monoisotopic (exact) mass is 372 g/mol. The largest absolute Gasteiger partial charge is 0.480 e. The van der Waals surface area contributed by atoms with Crippen LogP contribution in [0.5, 0.6) is 5.88 Å². The number of rotatable bonds is 5. The molecular formula is C12H13BrN4O3S. The Labute approximate surface area is 130 Å². The third-order valence-electron chi connectivity index (χ3n) is 2.59. The molecule has 0 aliphatic rings. The summed E-state index contributed by atoms with van der Waals surface area (Å²) in [5, 5.41) is 2.96. The number of hydrogen-bond donors (Lipinski definition) is 2. The minimum atomic E-state index is -3.44. The Morgan fingerprint density at radius 1 is 1.24 bits per heavy atom. The van der Waals surface area contributed by atoms with E-state index in [-0.39, 0.29) is 4.90 Å². The van der Waals surface area contributed by atoms with Gasteiger partial charge in [0.1, 0.15) is 0 Å². The number of halogens is 1. The second-order valence-corrected chi connectivity index (χ2v) is 6.65. The first kappa shape index (κ1) is 15.7. The Bertz CT molecular complexity index is 735. The van der Waals surface area contributed by atoms with Crippen LogP contribution in [-0.2, 0) is 10.0 Å². The molecule has 0 saturated heterocycles. The number of methoxy groups -OCH3 is 1. The normalized spacial score (nSPS) is 11.2. The third kappa shape index (κ3) is 3.69. The number of hydrogen-bond acceptors (Lipinski definition) is 6. The van der Waals surface area contributed by atoms with Crippen LogP contribution in [0, 0.1) is 0 Å². The molecule has 1 aromatic heterocycles. The standard InChI is InChI=1S/C12H13BrN4O3S/c1-14-21(18,19)9-5-3-8(4-6-9)16-12-15-7-10(13)11(17-12)20-2/h3-7,14H,1-2H3,(H,15,16,17). The summed E-state index contributed by atoms with van der Waals surface area (Å²) >= 11 is 3.26. The highest BCUT2D eigenvalue weighted by Gasteiger charge is 2.11. The van der Waals surface area contributed by atoms with Crippen LogP contribution in [0.2, 0.25) is 0 Å². The van der Waals surface area contributed by atoms with Crippen molar-refractivity contribution in [2.24, 2.45) is 0 Å². The number of anilines is 2. The highest BCUT2D eigenvalue weighted by molar-refractivity contribution is 9.10. The molecule has 0 atom stereocenters. The van der Waals surface area contributed by atoms with Gasteiger partial charge in [-0.05, 0) is 47.2 Å². The van der Waals surface area contributed by atoms with Crippen molar-refractivity contribution in [2.75, 3.05) is 19.5 Å². The van der Waals surface area contributed by atoms with E-state index in [1.165, 1.54) is 26.3 Å². The van der Waals surface area contributed by atoms with Gasteiger partial charge in [0.25, 0.3) is 0 Å². The number of benzene rings is 1. The van der Waals surface area contributed by atoms with Crippen LogP contribution < -0.4 is 14.8 Å². The summed E-state index contributed by atoms with van der Waals surface area (Å²) in [5.41, 5.74) is 0.662. The quantitative estimate of drug-likeness (QED) is 0.832. The van der Waals surface area contributed by atoms with E-state index in [0.29, 0.717) is 22.0 Å². The summed E-state index contributed by atoms with van der Waals surface area (Å²) in [4.78, 5) is 8.43. The maximum Gasteiger partial charge on any atom is 0.240 e. The zero-order valence-electron chi connectivity index (χ0n) is 11.3. The molecule has 1 heterocycles. The van der Waals surface area contributed by atoms with E-state index >= 15 is 0 Å². The van der Waals surface area contributed by atoms with Gasteiger partial charge < -0.3 is 10.1 Å². The molecule has 0 amide bonds. The number of ether oxygens (including phenoxy) is 1. The maximum atomic E-state index is 11.6. The molecule has 0 aliphatic heterocycles. The van der Waals surface area contributed by atoms with Gasteiger partial charge in [0.15, 0.2) is 0 Å². The lowest BCUT2D eigenvalue weighted by Gasteiger charge is -2.08. The molecule has 0 fully saturated rings. The second-order valence-electron chi connectivity index (χ2n) is 3.91. The molecule has 0 radical (unpaired) electrons. The molecule has 0 unspecified atom stereocenters. The lowest BCUT2D eigenvalue weighted by molar-refractivity contribution is 0.394. The Morgan fingerprint density at radius 2 is 1.90 bits per heavy atom. The van der Waals surface area contributed by atoms with Gasteiger partial charge in [-0.2, -0.15) is 4.98 Å². The van der Waals surface area contributed by atoms with E-state index in [4.69, 9.17) is 4.74 Å². The molecule has 0 aliphatic carbocycles. The van der Waals surface area contributed by atoms with Gasteiger partial charge in [-0.15, -0.1) is 0 Å². The van der Waals surface area contributed by atoms with Crippen molar-refractivity contribution in [3.05, 3.63) is 34.9 Å². The number of nitrogens with one attached hydrogen (secondary N) is 2. The second kappa shape index (κ2) is 6.37. The predicted molar refractivity (Wildman–Crippen MR) is 82.3 cm³/mol. The summed E-state index contributed by atoms with van der Waals surface area (Å²) < 4.78 is 31.2. The summed E-state index contributed by atoms with van der Waals surface area (Å²) in [7, 11) is -0.567.